The van der Waals surface area contributed by atoms with E-state index in [0.29, 0.717) is 29.7 Å². The van der Waals surface area contributed by atoms with Crippen molar-refractivity contribution in [3.63, 3.8) is 0 Å². The Bertz CT molecular complexity index is 980. The number of rotatable bonds is 4. The predicted octanol–water partition coefficient (Wildman–Crippen LogP) is 3.75. The van der Waals surface area contributed by atoms with Crippen LogP contribution in [0, 0.1) is 0 Å². The second-order valence-corrected chi connectivity index (χ2v) is 6.74. The summed E-state index contributed by atoms with van der Waals surface area (Å²) in [5, 5.41) is 7.64. The van der Waals surface area contributed by atoms with Crippen LogP contribution in [0.25, 0.3) is 22.2 Å². The second-order valence-electron chi connectivity index (χ2n) is 6.74. The molecular weight excluding hydrogens is 361 g/mol. The standard InChI is InChI=1S/C18H17F3N4O2/c1-17(26-2)9-25(10-17)15-7-11(5-6-22-15)16-13-8-12(27-18(19,20)21)3-4-14(13)23-24-16/h3-8H,9-10H2,1-2H3,(H,23,24). The van der Waals surface area contributed by atoms with E-state index in [4.69, 9.17) is 4.74 Å². The fourth-order valence-corrected chi connectivity index (χ4v) is 3.20. The molecule has 4 rings (SSSR count). The number of nitrogens with one attached hydrogen (secondary N) is 1. The molecule has 1 aliphatic heterocycles. The number of ether oxygens (including phenoxy) is 2. The van der Waals surface area contributed by atoms with Crippen LogP contribution in [0.15, 0.2) is 36.5 Å². The number of fused-ring (bicyclic) bond motifs is 1. The Morgan fingerprint density at radius 1 is 1.19 bits per heavy atom. The molecule has 0 aliphatic carbocycles. The van der Waals surface area contributed by atoms with Crippen LogP contribution in [0.2, 0.25) is 0 Å². The molecule has 2 aromatic heterocycles. The lowest BCUT2D eigenvalue weighted by Gasteiger charge is -2.47. The van der Waals surface area contributed by atoms with Gasteiger partial charge in [-0.1, -0.05) is 0 Å². The van der Waals surface area contributed by atoms with Crippen LogP contribution < -0.4 is 9.64 Å². The molecule has 0 bridgehead atoms. The molecule has 0 spiro atoms. The molecule has 1 aliphatic rings. The lowest BCUT2D eigenvalue weighted by molar-refractivity contribution is -0.274. The summed E-state index contributed by atoms with van der Waals surface area (Å²) >= 11 is 0. The Morgan fingerprint density at radius 3 is 2.67 bits per heavy atom. The van der Waals surface area contributed by atoms with Crippen molar-refractivity contribution >= 4 is 16.7 Å². The molecule has 142 valence electrons. The van der Waals surface area contributed by atoms with Crippen LogP contribution >= 0.6 is 0 Å². The number of aromatic amines is 1. The summed E-state index contributed by atoms with van der Waals surface area (Å²) in [6.07, 6.45) is -3.09. The summed E-state index contributed by atoms with van der Waals surface area (Å²) in [7, 11) is 1.68. The lowest BCUT2D eigenvalue weighted by atomic mass is 9.96. The Labute approximate surface area is 152 Å². The monoisotopic (exact) mass is 378 g/mol. The molecule has 6 nitrogen and oxygen atoms in total. The molecular formula is C18H17F3N4O2. The van der Waals surface area contributed by atoms with Crippen molar-refractivity contribution in [3.8, 4) is 17.0 Å². The second kappa shape index (κ2) is 6.12. The zero-order chi connectivity index (χ0) is 19.2. The quantitative estimate of drug-likeness (QED) is 0.749. The minimum absolute atomic E-state index is 0.194. The van der Waals surface area contributed by atoms with Crippen molar-refractivity contribution in [2.45, 2.75) is 18.9 Å². The molecule has 3 aromatic rings. The van der Waals surface area contributed by atoms with Crippen LogP contribution in [0.4, 0.5) is 19.0 Å². The lowest BCUT2D eigenvalue weighted by Crippen LogP contribution is -2.61. The maximum absolute atomic E-state index is 12.5. The van der Waals surface area contributed by atoms with Crippen molar-refractivity contribution in [1.82, 2.24) is 15.2 Å². The van der Waals surface area contributed by atoms with Gasteiger partial charge in [0.05, 0.1) is 11.1 Å². The zero-order valence-electron chi connectivity index (χ0n) is 14.7. The fraction of sp³-hybridized carbons (Fsp3) is 0.333. The highest BCUT2D eigenvalue weighted by Gasteiger charge is 2.39. The Morgan fingerprint density at radius 2 is 1.96 bits per heavy atom. The van der Waals surface area contributed by atoms with Crippen LogP contribution in [0.1, 0.15) is 6.92 Å². The summed E-state index contributed by atoms with van der Waals surface area (Å²) in [6.45, 7) is 3.45. The van der Waals surface area contributed by atoms with Gasteiger partial charge in [-0.15, -0.1) is 13.2 Å². The molecule has 0 atom stereocenters. The van der Waals surface area contributed by atoms with Crippen LogP contribution in [0.3, 0.4) is 0 Å². The third kappa shape index (κ3) is 3.42. The van der Waals surface area contributed by atoms with E-state index in [9.17, 15) is 13.2 Å². The Hall–Kier alpha value is -2.81. The Kier molecular flexibility index (Phi) is 3.99. The van der Waals surface area contributed by atoms with E-state index in [1.54, 1.807) is 19.4 Å². The van der Waals surface area contributed by atoms with Gasteiger partial charge in [-0.2, -0.15) is 5.10 Å². The first kappa shape index (κ1) is 17.6. The number of nitrogens with zero attached hydrogens (tertiary/aromatic N) is 3. The minimum Gasteiger partial charge on any atom is -0.406 e. The van der Waals surface area contributed by atoms with E-state index in [2.05, 4.69) is 24.8 Å². The van der Waals surface area contributed by atoms with E-state index in [1.807, 2.05) is 13.0 Å². The molecule has 0 unspecified atom stereocenters. The first-order valence-electron chi connectivity index (χ1n) is 8.27. The third-order valence-electron chi connectivity index (χ3n) is 4.65. The van der Waals surface area contributed by atoms with Gasteiger partial charge in [-0.3, -0.25) is 5.10 Å². The molecule has 27 heavy (non-hydrogen) atoms. The Balaban J connectivity index is 1.66. The van der Waals surface area contributed by atoms with Gasteiger partial charge in [0.25, 0.3) is 0 Å². The number of hydrogen-bond donors (Lipinski definition) is 1. The van der Waals surface area contributed by atoms with Gasteiger partial charge in [-0.25, -0.2) is 4.98 Å². The first-order chi connectivity index (χ1) is 12.8. The fourth-order valence-electron chi connectivity index (χ4n) is 3.20. The van der Waals surface area contributed by atoms with Crippen molar-refractivity contribution in [2.24, 2.45) is 0 Å². The molecule has 0 saturated carbocycles. The topological polar surface area (TPSA) is 63.3 Å². The predicted molar refractivity (Wildman–Crippen MR) is 93.6 cm³/mol. The smallest absolute Gasteiger partial charge is 0.406 e. The van der Waals surface area contributed by atoms with Crippen LogP contribution in [-0.4, -0.2) is 47.3 Å². The highest BCUT2D eigenvalue weighted by atomic mass is 19.4. The third-order valence-corrected chi connectivity index (χ3v) is 4.65. The van der Waals surface area contributed by atoms with E-state index in [0.717, 1.165) is 11.4 Å². The molecule has 1 fully saturated rings. The maximum Gasteiger partial charge on any atom is 0.573 e. The molecule has 9 heteroatoms. The van der Waals surface area contributed by atoms with Gasteiger partial charge >= 0.3 is 6.36 Å². The summed E-state index contributed by atoms with van der Waals surface area (Å²) < 4.78 is 47.0. The molecule has 3 heterocycles. The van der Waals surface area contributed by atoms with Crippen molar-refractivity contribution in [1.29, 1.82) is 0 Å². The van der Waals surface area contributed by atoms with E-state index in [1.165, 1.54) is 18.2 Å². The normalized spacial score (nSPS) is 16.4. The minimum atomic E-state index is -4.74. The number of halogens is 3. The van der Waals surface area contributed by atoms with Gasteiger partial charge < -0.3 is 14.4 Å². The zero-order valence-corrected chi connectivity index (χ0v) is 14.7. The van der Waals surface area contributed by atoms with E-state index < -0.39 is 6.36 Å². The van der Waals surface area contributed by atoms with Gasteiger partial charge in [0.1, 0.15) is 17.3 Å². The van der Waals surface area contributed by atoms with Gasteiger partial charge in [-0.05, 0) is 37.3 Å². The van der Waals surface area contributed by atoms with E-state index >= 15 is 0 Å². The SMILES string of the molecule is COC1(C)CN(c2cc(-c3n[nH]c4ccc(OC(F)(F)F)cc34)ccn2)C1. The molecule has 1 N–H and O–H groups in total. The van der Waals surface area contributed by atoms with Crippen LogP contribution in [0.5, 0.6) is 5.75 Å². The number of H-pyrrole nitrogens is 1. The average Bonchev–Trinajstić information content (AvgIpc) is 3.01. The maximum atomic E-state index is 12.5. The number of alkyl halides is 3. The summed E-state index contributed by atoms with van der Waals surface area (Å²) in [6, 6.07) is 7.72. The highest BCUT2D eigenvalue weighted by Crippen LogP contribution is 2.34. The molecule has 1 aromatic carbocycles. The highest BCUT2D eigenvalue weighted by molar-refractivity contribution is 5.94. The number of benzene rings is 1. The molecule has 0 radical (unpaired) electrons. The number of hydrogen-bond acceptors (Lipinski definition) is 5. The summed E-state index contributed by atoms with van der Waals surface area (Å²) in [5.41, 5.74) is 1.71. The number of aromatic nitrogens is 3. The molecule has 0 amide bonds. The van der Waals surface area contributed by atoms with E-state index in [-0.39, 0.29) is 11.4 Å². The van der Waals surface area contributed by atoms with Gasteiger partial charge in [0.2, 0.25) is 0 Å². The summed E-state index contributed by atoms with van der Waals surface area (Å²) in [4.78, 5) is 6.45. The van der Waals surface area contributed by atoms with Crippen molar-refractivity contribution in [2.75, 3.05) is 25.1 Å². The van der Waals surface area contributed by atoms with Crippen LogP contribution in [-0.2, 0) is 4.74 Å². The van der Waals surface area contributed by atoms with Crippen molar-refractivity contribution in [3.05, 3.63) is 36.5 Å². The van der Waals surface area contributed by atoms with Crippen molar-refractivity contribution < 1.29 is 22.6 Å². The number of pyridine rings is 1. The summed E-state index contributed by atoms with van der Waals surface area (Å²) in [5.74, 6) is 0.478. The molecule has 1 saturated heterocycles. The average molecular weight is 378 g/mol. The largest absolute Gasteiger partial charge is 0.573 e. The first-order valence-corrected chi connectivity index (χ1v) is 8.27. The van der Waals surface area contributed by atoms with Gasteiger partial charge in [0.15, 0.2) is 0 Å². The van der Waals surface area contributed by atoms with Gasteiger partial charge in [0, 0.05) is 37.3 Å². The number of anilines is 1. The number of methoxy groups -OCH3 is 1.